The first kappa shape index (κ1) is 13.1. The maximum absolute atomic E-state index is 10.8. The molecule has 0 amide bonds. The molecule has 2 rings (SSSR count). The van der Waals surface area contributed by atoms with Crippen LogP contribution in [0.2, 0.25) is 0 Å². The number of carboxylic acids is 1. The maximum atomic E-state index is 10.8. The van der Waals surface area contributed by atoms with Crippen molar-refractivity contribution in [3.8, 4) is 6.07 Å². The van der Waals surface area contributed by atoms with E-state index in [0.717, 1.165) is 10.5 Å². The van der Waals surface area contributed by atoms with Gasteiger partial charge in [0.15, 0.2) is 0 Å². The Hall–Kier alpha value is -2.39. The highest BCUT2D eigenvalue weighted by Crippen LogP contribution is 2.23. The minimum atomic E-state index is -1.05. The molecule has 0 aliphatic carbocycles. The van der Waals surface area contributed by atoms with E-state index in [1.54, 1.807) is 18.3 Å². The minimum Gasteiger partial charge on any atom is -0.477 e. The quantitative estimate of drug-likeness (QED) is 0.859. The number of pyridine rings is 2. The van der Waals surface area contributed by atoms with Crippen molar-refractivity contribution in [1.29, 1.82) is 5.26 Å². The van der Waals surface area contributed by atoms with Gasteiger partial charge in [0.1, 0.15) is 17.5 Å². The van der Waals surface area contributed by atoms with Crippen LogP contribution in [0.25, 0.3) is 0 Å². The molecule has 0 fully saturated rings. The summed E-state index contributed by atoms with van der Waals surface area (Å²) in [4.78, 5) is 19.3. The Balaban J connectivity index is 2.13. The standard InChI is InChI=1S/C13H9N3O2S/c14-7-12-9(2-1-4-15-12)8-19-10-3-5-16-11(6-10)13(17)18/h1-6H,8H2,(H,17,18). The molecule has 94 valence electrons. The Bertz CT molecular complexity index is 652. The molecule has 6 heteroatoms. The topological polar surface area (TPSA) is 86.9 Å². The van der Waals surface area contributed by atoms with Gasteiger partial charge in [-0.3, -0.25) is 0 Å². The molecule has 5 nitrogen and oxygen atoms in total. The molecule has 0 radical (unpaired) electrons. The molecule has 0 aliphatic heterocycles. The molecule has 0 bridgehead atoms. The summed E-state index contributed by atoms with van der Waals surface area (Å²) in [6.45, 7) is 0. The number of aromatic nitrogens is 2. The van der Waals surface area contributed by atoms with Gasteiger partial charge in [0, 0.05) is 23.0 Å². The summed E-state index contributed by atoms with van der Waals surface area (Å²) in [5.41, 5.74) is 1.22. The largest absolute Gasteiger partial charge is 0.477 e. The Morgan fingerprint density at radius 1 is 1.37 bits per heavy atom. The highest BCUT2D eigenvalue weighted by Gasteiger charge is 2.07. The number of nitriles is 1. The zero-order valence-electron chi connectivity index (χ0n) is 9.78. The fourth-order valence-corrected chi connectivity index (χ4v) is 2.34. The van der Waals surface area contributed by atoms with E-state index in [0.29, 0.717) is 11.4 Å². The summed E-state index contributed by atoms with van der Waals surface area (Å²) in [5, 5.41) is 17.8. The van der Waals surface area contributed by atoms with Crippen molar-refractivity contribution in [1.82, 2.24) is 9.97 Å². The van der Waals surface area contributed by atoms with Gasteiger partial charge in [-0.2, -0.15) is 5.26 Å². The smallest absolute Gasteiger partial charge is 0.354 e. The molecule has 1 N–H and O–H groups in total. The molecule has 2 heterocycles. The van der Waals surface area contributed by atoms with Crippen molar-refractivity contribution < 1.29 is 9.90 Å². The van der Waals surface area contributed by atoms with Gasteiger partial charge in [-0.15, -0.1) is 11.8 Å². The summed E-state index contributed by atoms with van der Waals surface area (Å²) in [7, 11) is 0. The number of carbonyl (C=O) groups is 1. The van der Waals surface area contributed by atoms with Crippen LogP contribution < -0.4 is 0 Å². The highest BCUT2D eigenvalue weighted by molar-refractivity contribution is 7.98. The van der Waals surface area contributed by atoms with Crippen molar-refractivity contribution in [3.05, 3.63) is 53.6 Å². The van der Waals surface area contributed by atoms with Crippen LogP contribution in [-0.4, -0.2) is 21.0 Å². The molecule has 0 aromatic carbocycles. The van der Waals surface area contributed by atoms with E-state index in [9.17, 15) is 4.79 Å². The van der Waals surface area contributed by atoms with E-state index in [4.69, 9.17) is 10.4 Å². The summed E-state index contributed by atoms with van der Waals surface area (Å²) in [6.07, 6.45) is 3.03. The normalized spacial score (nSPS) is 9.84. The second-order valence-corrected chi connectivity index (χ2v) is 4.64. The van der Waals surface area contributed by atoms with E-state index in [1.165, 1.54) is 24.0 Å². The molecular weight excluding hydrogens is 262 g/mol. The summed E-state index contributed by atoms with van der Waals surface area (Å²) in [5.74, 6) is -0.499. The van der Waals surface area contributed by atoms with Crippen molar-refractivity contribution >= 4 is 17.7 Å². The van der Waals surface area contributed by atoms with Crippen LogP contribution in [0.5, 0.6) is 0 Å². The van der Waals surface area contributed by atoms with E-state index in [1.807, 2.05) is 12.1 Å². The molecule has 0 spiro atoms. The maximum Gasteiger partial charge on any atom is 0.354 e. The third-order valence-electron chi connectivity index (χ3n) is 2.34. The fourth-order valence-electron chi connectivity index (χ4n) is 1.43. The molecule has 0 atom stereocenters. The lowest BCUT2D eigenvalue weighted by molar-refractivity contribution is 0.0690. The van der Waals surface area contributed by atoms with Gasteiger partial charge in [0.25, 0.3) is 0 Å². The number of hydrogen-bond acceptors (Lipinski definition) is 5. The van der Waals surface area contributed by atoms with Gasteiger partial charge >= 0.3 is 5.97 Å². The molecule has 0 aliphatic rings. The van der Waals surface area contributed by atoms with Gasteiger partial charge in [-0.05, 0) is 23.8 Å². The average molecular weight is 271 g/mol. The number of carboxylic acid groups (broad SMARTS) is 1. The lowest BCUT2D eigenvalue weighted by Gasteiger charge is -2.03. The SMILES string of the molecule is N#Cc1ncccc1CSc1ccnc(C(=O)O)c1. The first-order chi connectivity index (χ1) is 9.20. The molecule has 19 heavy (non-hydrogen) atoms. The van der Waals surface area contributed by atoms with Crippen LogP contribution in [0.1, 0.15) is 21.7 Å². The highest BCUT2D eigenvalue weighted by atomic mass is 32.2. The number of rotatable bonds is 4. The predicted octanol–water partition coefficient (Wildman–Crippen LogP) is 2.34. The summed E-state index contributed by atoms with van der Waals surface area (Å²) in [6, 6.07) is 8.88. The van der Waals surface area contributed by atoms with E-state index < -0.39 is 5.97 Å². The molecule has 0 saturated heterocycles. The van der Waals surface area contributed by atoms with Crippen molar-refractivity contribution in [2.24, 2.45) is 0 Å². The van der Waals surface area contributed by atoms with Crippen LogP contribution in [0.3, 0.4) is 0 Å². The molecule has 2 aromatic heterocycles. The summed E-state index contributed by atoms with van der Waals surface area (Å²) >= 11 is 1.44. The van der Waals surface area contributed by atoms with Crippen LogP contribution in [-0.2, 0) is 5.75 Å². The molecular formula is C13H9N3O2S. The second-order valence-electron chi connectivity index (χ2n) is 3.59. The average Bonchev–Trinajstić information content (AvgIpc) is 2.45. The molecule has 0 unspecified atom stereocenters. The third-order valence-corrected chi connectivity index (χ3v) is 3.38. The lowest BCUT2D eigenvalue weighted by atomic mass is 10.2. The van der Waals surface area contributed by atoms with Gasteiger partial charge < -0.3 is 5.11 Å². The Labute approximate surface area is 113 Å². The zero-order valence-corrected chi connectivity index (χ0v) is 10.6. The van der Waals surface area contributed by atoms with Crippen molar-refractivity contribution in [2.45, 2.75) is 10.6 Å². The Morgan fingerprint density at radius 2 is 2.21 bits per heavy atom. The third kappa shape index (κ3) is 3.30. The van der Waals surface area contributed by atoms with Crippen LogP contribution in [0.4, 0.5) is 0 Å². The fraction of sp³-hybridized carbons (Fsp3) is 0.0769. The van der Waals surface area contributed by atoms with E-state index >= 15 is 0 Å². The van der Waals surface area contributed by atoms with Gasteiger partial charge in [0.05, 0.1) is 0 Å². The minimum absolute atomic E-state index is 0.0108. The van der Waals surface area contributed by atoms with Crippen LogP contribution in [0, 0.1) is 11.3 Å². The van der Waals surface area contributed by atoms with E-state index in [-0.39, 0.29) is 5.69 Å². The Kier molecular flexibility index (Phi) is 4.11. The Morgan fingerprint density at radius 3 is 2.95 bits per heavy atom. The van der Waals surface area contributed by atoms with Crippen LogP contribution >= 0.6 is 11.8 Å². The van der Waals surface area contributed by atoms with Crippen molar-refractivity contribution in [2.75, 3.05) is 0 Å². The summed E-state index contributed by atoms with van der Waals surface area (Å²) < 4.78 is 0. The van der Waals surface area contributed by atoms with Crippen molar-refractivity contribution in [3.63, 3.8) is 0 Å². The first-order valence-electron chi connectivity index (χ1n) is 5.37. The molecule has 0 saturated carbocycles. The number of nitrogens with zero attached hydrogens (tertiary/aromatic N) is 3. The van der Waals surface area contributed by atoms with Gasteiger partial charge in [-0.25, -0.2) is 14.8 Å². The monoisotopic (exact) mass is 271 g/mol. The second kappa shape index (κ2) is 5.98. The number of aromatic carboxylic acids is 1. The number of hydrogen-bond donors (Lipinski definition) is 1. The molecule has 2 aromatic rings. The van der Waals surface area contributed by atoms with Gasteiger partial charge in [0.2, 0.25) is 0 Å². The predicted molar refractivity (Wildman–Crippen MR) is 69.7 cm³/mol. The van der Waals surface area contributed by atoms with E-state index in [2.05, 4.69) is 9.97 Å². The zero-order chi connectivity index (χ0) is 13.7. The van der Waals surface area contributed by atoms with Gasteiger partial charge in [-0.1, -0.05) is 6.07 Å². The lowest BCUT2D eigenvalue weighted by Crippen LogP contribution is -1.99. The number of thioether (sulfide) groups is 1. The van der Waals surface area contributed by atoms with Crippen LogP contribution in [0.15, 0.2) is 41.6 Å². The first-order valence-corrected chi connectivity index (χ1v) is 6.35.